The Balaban J connectivity index is 0.00000144. The van der Waals surface area contributed by atoms with Crippen LogP contribution in [0.25, 0.3) is 0 Å². The van der Waals surface area contributed by atoms with Gasteiger partial charge in [-0.15, -0.1) is 36.2 Å². The van der Waals surface area contributed by atoms with Crippen LogP contribution in [0.15, 0.2) is 18.3 Å². The van der Waals surface area contributed by atoms with E-state index in [1.807, 2.05) is 6.07 Å². The molecular formula is C16H20Cl2FN3OS. The van der Waals surface area contributed by atoms with Gasteiger partial charge in [0.2, 0.25) is 0 Å². The summed E-state index contributed by atoms with van der Waals surface area (Å²) in [6.07, 6.45) is 4.05. The lowest BCUT2D eigenvalue weighted by Crippen LogP contribution is -2.25. The maximum absolute atomic E-state index is 14.5. The molecule has 0 spiro atoms. The number of aromatic nitrogens is 1. The molecule has 0 fully saturated rings. The van der Waals surface area contributed by atoms with E-state index in [1.165, 1.54) is 11.3 Å². The summed E-state index contributed by atoms with van der Waals surface area (Å²) in [6, 6.07) is 3.50. The second-order valence-electron chi connectivity index (χ2n) is 5.31. The van der Waals surface area contributed by atoms with Crippen molar-refractivity contribution in [3.8, 4) is 0 Å². The van der Waals surface area contributed by atoms with Gasteiger partial charge < -0.3 is 10.6 Å². The Hall–Kier alpha value is -1.21. The van der Waals surface area contributed by atoms with E-state index in [-0.39, 0.29) is 42.2 Å². The highest BCUT2D eigenvalue weighted by Crippen LogP contribution is 2.25. The average Bonchev–Trinajstić information content (AvgIpc) is 2.99. The largest absolute Gasteiger partial charge is 0.319 e. The van der Waals surface area contributed by atoms with Crippen molar-refractivity contribution in [1.29, 1.82) is 0 Å². The molecule has 1 aliphatic heterocycles. The number of thiazole rings is 1. The minimum atomic E-state index is -0.314. The third-order valence-corrected chi connectivity index (χ3v) is 4.75. The number of nitrogens with one attached hydrogen (secondary N) is 2. The zero-order valence-electron chi connectivity index (χ0n) is 13.2. The molecule has 4 nitrogen and oxygen atoms in total. The number of anilines is 1. The van der Waals surface area contributed by atoms with Gasteiger partial charge in [0.15, 0.2) is 0 Å². The van der Waals surface area contributed by atoms with Crippen LogP contribution in [0.5, 0.6) is 0 Å². The Bertz CT molecular complexity index is 709. The minimum Gasteiger partial charge on any atom is -0.319 e. The van der Waals surface area contributed by atoms with Gasteiger partial charge in [-0.3, -0.25) is 4.79 Å². The monoisotopic (exact) mass is 391 g/mol. The fraction of sp³-hybridized carbons (Fsp3) is 0.375. The Kier molecular flexibility index (Phi) is 8.09. The van der Waals surface area contributed by atoms with Gasteiger partial charge in [-0.2, -0.15) is 0 Å². The number of amides is 1. The van der Waals surface area contributed by atoms with Crippen molar-refractivity contribution < 1.29 is 9.18 Å². The molecule has 1 aromatic carbocycles. The van der Waals surface area contributed by atoms with Crippen LogP contribution in [-0.2, 0) is 19.4 Å². The zero-order chi connectivity index (χ0) is 15.5. The number of nitrogens with zero attached hydrogens (tertiary/aromatic N) is 1. The first-order valence-electron chi connectivity index (χ1n) is 7.46. The molecule has 0 atom stereocenters. The fourth-order valence-corrected chi connectivity index (χ4v) is 3.47. The molecule has 0 unspecified atom stereocenters. The van der Waals surface area contributed by atoms with Crippen LogP contribution in [0.3, 0.4) is 0 Å². The molecule has 2 N–H and O–H groups in total. The Morgan fingerprint density at radius 1 is 1.42 bits per heavy atom. The van der Waals surface area contributed by atoms with Crippen LogP contribution in [-0.4, -0.2) is 17.4 Å². The molecule has 8 heteroatoms. The van der Waals surface area contributed by atoms with Crippen molar-refractivity contribution in [3.63, 3.8) is 0 Å². The lowest BCUT2D eigenvalue weighted by atomic mass is 9.99. The third-order valence-electron chi connectivity index (χ3n) is 3.70. The molecule has 0 bridgehead atoms. The maximum Gasteiger partial charge on any atom is 0.267 e. The molecule has 1 aliphatic rings. The molecule has 1 amide bonds. The highest BCUT2D eigenvalue weighted by molar-refractivity contribution is 7.13. The number of halogens is 3. The zero-order valence-corrected chi connectivity index (χ0v) is 15.7. The van der Waals surface area contributed by atoms with Gasteiger partial charge in [-0.05, 0) is 43.0 Å². The molecule has 24 heavy (non-hydrogen) atoms. The predicted octanol–water partition coefficient (Wildman–Crippen LogP) is 3.98. The van der Waals surface area contributed by atoms with E-state index in [9.17, 15) is 9.18 Å². The predicted molar refractivity (Wildman–Crippen MR) is 100 cm³/mol. The van der Waals surface area contributed by atoms with Gasteiger partial charge in [0, 0.05) is 6.54 Å². The number of rotatable bonds is 4. The number of carbonyl (C=O) groups is 1. The maximum atomic E-state index is 14.5. The number of hydrogen-bond donors (Lipinski definition) is 2. The molecule has 3 rings (SSSR count). The molecule has 0 aliphatic carbocycles. The van der Waals surface area contributed by atoms with Crippen molar-refractivity contribution >= 4 is 47.7 Å². The standard InChI is InChI=1S/C16H18FN3OS.2ClH/c1-2-3-14-19-9-13(22-14)16(21)20-12-5-4-10-8-18-7-6-11(10)15(12)17;;/h4-5,9,18H,2-3,6-8H2,1H3,(H,20,21);2*1H. The van der Waals surface area contributed by atoms with E-state index in [4.69, 9.17) is 0 Å². The van der Waals surface area contributed by atoms with Crippen LogP contribution >= 0.6 is 36.2 Å². The molecule has 2 heterocycles. The number of benzene rings is 1. The minimum absolute atomic E-state index is 0. The van der Waals surface area contributed by atoms with Crippen molar-refractivity contribution in [2.75, 3.05) is 11.9 Å². The molecular weight excluding hydrogens is 372 g/mol. The molecule has 1 aromatic heterocycles. The SMILES string of the molecule is CCCc1ncc(C(=O)Nc2ccc3c(c2F)CCNC3)s1.Cl.Cl. The Morgan fingerprint density at radius 2 is 2.21 bits per heavy atom. The van der Waals surface area contributed by atoms with Gasteiger partial charge in [0.05, 0.1) is 16.9 Å². The van der Waals surface area contributed by atoms with E-state index in [1.54, 1.807) is 12.3 Å². The topological polar surface area (TPSA) is 54.0 Å². The van der Waals surface area contributed by atoms with Gasteiger partial charge >= 0.3 is 0 Å². The van der Waals surface area contributed by atoms with E-state index in [0.29, 0.717) is 23.4 Å². The summed E-state index contributed by atoms with van der Waals surface area (Å²) in [6.45, 7) is 3.50. The molecule has 132 valence electrons. The van der Waals surface area contributed by atoms with Crippen molar-refractivity contribution in [2.45, 2.75) is 32.7 Å². The second kappa shape index (κ2) is 9.32. The average molecular weight is 392 g/mol. The highest BCUT2D eigenvalue weighted by Gasteiger charge is 2.18. The first kappa shape index (κ1) is 20.8. The van der Waals surface area contributed by atoms with Crippen molar-refractivity contribution in [1.82, 2.24) is 10.3 Å². The Labute approximate surface area is 157 Å². The van der Waals surface area contributed by atoms with Crippen LogP contribution in [0.1, 0.15) is 39.2 Å². The smallest absolute Gasteiger partial charge is 0.267 e. The van der Waals surface area contributed by atoms with Gasteiger partial charge in [0.25, 0.3) is 5.91 Å². The van der Waals surface area contributed by atoms with E-state index < -0.39 is 0 Å². The number of fused-ring (bicyclic) bond motifs is 1. The van der Waals surface area contributed by atoms with Crippen LogP contribution in [0, 0.1) is 5.82 Å². The van der Waals surface area contributed by atoms with Gasteiger partial charge in [-0.25, -0.2) is 9.37 Å². The van der Waals surface area contributed by atoms with Crippen molar-refractivity contribution in [2.24, 2.45) is 0 Å². The molecule has 0 saturated carbocycles. The molecule has 2 aromatic rings. The fourth-order valence-electron chi connectivity index (χ4n) is 2.56. The van der Waals surface area contributed by atoms with Crippen LogP contribution in [0.2, 0.25) is 0 Å². The first-order valence-corrected chi connectivity index (χ1v) is 8.27. The van der Waals surface area contributed by atoms with Gasteiger partial charge in [0.1, 0.15) is 10.7 Å². The lowest BCUT2D eigenvalue weighted by molar-refractivity contribution is 0.103. The second-order valence-corrected chi connectivity index (χ2v) is 6.43. The first-order chi connectivity index (χ1) is 10.7. The summed E-state index contributed by atoms with van der Waals surface area (Å²) < 4.78 is 14.5. The van der Waals surface area contributed by atoms with E-state index in [2.05, 4.69) is 22.5 Å². The number of carbonyl (C=O) groups excluding carboxylic acids is 1. The summed E-state index contributed by atoms with van der Waals surface area (Å²) >= 11 is 1.36. The van der Waals surface area contributed by atoms with E-state index >= 15 is 0 Å². The molecule has 0 radical (unpaired) electrons. The highest BCUT2D eigenvalue weighted by atomic mass is 35.5. The Morgan fingerprint density at radius 3 is 2.96 bits per heavy atom. The number of aryl methyl sites for hydroxylation is 1. The van der Waals surface area contributed by atoms with Crippen LogP contribution in [0.4, 0.5) is 10.1 Å². The van der Waals surface area contributed by atoms with Gasteiger partial charge in [-0.1, -0.05) is 13.0 Å². The van der Waals surface area contributed by atoms with Crippen LogP contribution < -0.4 is 10.6 Å². The number of hydrogen-bond acceptors (Lipinski definition) is 4. The van der Waals surface area contributed by atoms with E-state index in [0.717, 1.165) is 30.0 Å². The normalized spacial score (nSPS) is 12.6. The summed E-state index contributed by atoms with van der Waals surface area (Å²) in [7, 11) is 0. The third kappa shape index (κ3) is 4.45. The lowest BCUT2D eigenvalue weighted by Gasteiger charge is -2.19. The summed E-state index contributed by atoms with van der Waals surface area (Å²) in [4.78, 5) is 17.0. The van der Waals surface area contributed by atoms with Crippen molar-refractivity contribution in [3.05, 3.63) is 45.2 Å². The quantitative estimate of drug-likeness (QED) is 0.828. The summed E-state index contributed by atoms with van der Waals surface area (Å²) in [5.74, 6) is -0.613. The summed E-state index contributed by atoms with van der Waals surface area (Å²) in [5, 5.41) is 6.81. The summed E-state index contributed by atoms with van der Waals surface area (Å²) in [5.41, 5.74) is 1.91. The molecule has 0 saturated heterocycles.